The Labute approximate surface area is 131 Å². The molecule has 0 aromatic rings. The van der Waals surface area contributed by atoms with Crippen LogP contribution in [0.4, 0.5) is 4.79 Å². The van der Waals surface area contributed by atoms with Crippen molar-refractivity contribution in [3.05, 3.63) is 0 Å². The number of carbonyl (C=O) groups is 1. The highest BCUT2D eigenvalue weighted by molar-refractivity contribution is 7.90. The van der Waals surface area contributed by atoms with Gasteiger partial charge in [0.15, 0.2) is 0 Å². The van der Waals surface area contributed by atoms with Gasteiger partial charge in [0.1, 0.15) is 4.75 Å². The van der Waals surface area contributed by atoms with E-state index in [1.807, 2.05) is 27.8 Å². The molecule has 1 saturated heterocycles. The normalized spacial score (nSPS) is 27.3. The van der Waals surface area contributed by atoms with E-state index in [0.29, 0.717) is 19.1 Å². The van der Waals surface area contributed by atoms with E-state index in [9.17, 15) is 9.35 Å². The second-order valence-electron chi connectivity index (χ2n) is 7.45. The summed E-state index contributed by atoms with van der Waals surface area (Å²) in [5.41, 5.74) is 0.154. The van der Waals surface area contributed by atoms with Gasteiger partial charge < -0.3 is 14.6 Å². The molecule has 1 aliphatic heterocycles. The van der Waals surface area contributed by atoms with Crippen molar-refractivity contribution in [2.75, 3.05) is 20.1 Å². The Hall–Kier alpha value is -0.460. The maximum Gasteiger partial charge on any atom is 0.407 e. The molecule has 2 atom stereocenters. The SMILES string of the molecule is CN([C@@H]1CCCC12CCN(C(=O)O)CC2)[S+]([O-])C(C)(C)C. The summed E-state index contributed by atoms with van der Waals surface area (Å²) in [7, 11) is 1.97. The van der Waals surface area contributed by atoms with E-state index in [1.54, 1.807) is 0 Å². The number of rotatable bonds is 2. The molecule has 0 bridgehead atoms. The molecule has 0 aromatic heterocycles. The van der Waals surface area contributed by atoms with Crippen molar-refractivity contribution in [2.45, 2.75) is 63.7 Å². The summed E-state index contributed by atoms with van der Waals surface area (Å²) in [6, 6.07) is 0.313. The van der Waals surface area contributed by atoms with Gasteiger partial charge in [-0.1, -0.05) is 6.42 Å². The summed E-state index contributed by atoms with van der Waals surface area (Å²) in [6.45, 7) is 7.25. The first-order valence-corrected chi connectivity index (χ1v) is 8.91. The molecule has 1 N–H and O–H groups in total. The molecular weight excluding hydrogens is 288 g/mol. The summed E-state index contributed by atoms with van der Waals surface area (Å²) >= 11 is -1.01. The third-order valence-corrected chi connectivity index (χ3v) is 6.94. The zero-order chi connectivity index (χ0) is 15.8. The van der Waals surface area contributed by atoms with Crippen LogP contribution in [0, 0.1) is 5.41 Å². The maximum absolute atomic E-state index is 12.7. The third-order valence-electron chi connectivity index (χ3n) is 5.11. The molecule has 2 aliphatic rings. The molecule has 2 fully saturated rings. The van der Waals surface area contributed by atoms with Crippen molar-refractivity contribution < 1.29 is 14.5 Å². The molecule has 5 nitrogen and oxygen atoms in total. The van der Waals surface area contributed by atoms with Crippen LogP contribution < -0.4 is 0 Å². The van der Waals surface area contributed by atoms with Crippen LogP contribution in [0.3, 0.4) is 0 Å². The maximum atomic E-state index is 12.7. The van der Waals surface area contributed by atoms with Crippen LogP contribution in [0.1, 0.15) is 52.9 Å². The Morgan fingerprint density at radius 2 is 1.90 bits per heavy atom. The monoisotopic (exact) mass is 316 g/mol. The van der Waals surface area contributed by atoms with Crippen molar-refractivity contribution in [3.8, 4) is 0 Å². The standard InChI is InChI=1S/C15H28N2O3S/c1-14(2,3)21(20)16(4)12-6-5-7-15(12)8-10-17(11-9-15)13(18)19/h12H,5-11H2,1-4H3,(H,18,19)/t12-,21?/m1/s1. The molecule has 1 spiro atoms. The second-order valence-corrected chi connectivity index (χ2v) is 9.75. The van der Waals surface area contributed by atoms with Crippen LogP contribution in [0.25, 0.3) is 0 Å². The molecule has 122 valence electrons. The van der Waals surface area contributed by atoms with Gasteiger partial charge in [-0.05, 0) is 51.9 Å². The van der Waals surface area contributed by atoms with Gasteiger partial charge in [-0.2, -0.15) is 0 Å². The summed E-state index contributed by atoms with van der Waals surface area (Å²) in [5.74, 6) is 0. The Balaban J connectivity index is 2.09. The molecule has 1 aliphatic carbocycles. The van der Waals surface area contributed by atoms with Gasteiger partial charge in [0, 0.05) is 31.5 Å². The minimum Gasteiger partial charge on any atom is -0.597 e. The van der Waals surface area contributed by atoms with Crippen molar-refractivity contribution in [2.24, 2.45) is 5.41 Å². The second kappa shape index (κ2) is 5.97. The topological polar surface area (TPSA) is 66.8 Å². The van der Waals surface area contributed by atoms with Crippen LogP contribution in [0.5, 0.6) is 0 Å². The van der Waals surface area contributed by atoms with Crippen molar-refractivity contribution in [1.29, 1.82) is 0 Å². The van der Waals surface area contributed by atoms with Gasteiger partial charge in [-0.3, -0.25) is 0 Å². The van der Waals surface area contributed by atoms with E-state index in [4.69, 9.17) is 5.11 Å². The van der Waals surface area contributed by atoms with Gasteiger partial charge >= 0.3 is 6.09 Å². The zero-order valence-electron chi connectivity index (χ0n) is 13.6. The van der Waals surface area contributed by atoms with E-state index in [0.717, 1.165) is 32.1 Å². The van der Waals surface area contributed by atoms with E-state index in [1.165, 1.54) is 4.90 Å². The van der Waals surface area contributed by atoms with E-state index >= 15 is 0 Å². The number of carboxylic acid groups (broad SMARTS) is 1. The number of nitrogens with zero attached hydrogens (tertiary/aromatic N) is 2. The molecule has 6 heteroatoms. The Bertz CT molecular complexity index is 389. The first-order valence-electron chi connectivity index (χ1n) is 7.80. The highest BCUT2D eigenvalue weighted by Crippen LogP contribution is 2.49. The highest BCUT2D eigenvalue weighted by Gasteiger charge is 2.51. The lowest BCUT2D eigenvalue weighted by Crippen LogP contribution is -2.54. The summed E-state index contributed by atoms with van der Waals surface area (Å²) < 4.78 is 14.5. The fourth-order valence-electron chi connectivity index (χ4n) is 3.96. The molecule has 21 heavy (non-hydrogen) atoms. The Kier molecular flexibility index (Phi) is 4.81. The third kappa shape index (κ3) is 3.32. The molecule has 0 aromatic carbocycles. The predicted molar refractivity (Wildman–Crippen MR) is 84.6 cm³/mol. The summed E-state index contributed by atoms with van der Waals surface area (Å²) in [4.78, 5) is 12.6. The van der Waals surface area contributed by atoms with Crippen LogP contribution in [0.15, 0.2) is 0 Å². The molecule has 1 saturated carbocycles. The average molecular weight is 316 g/mol. The molecule has 2 rings (SSSR count). The largest absolute Gasteiger partial charge is 0.597 e. The minimum atomic E-state index is -1.01. The number of hydrogen-bond acceptors (Lipinski definition) is 3. The van der Waals surface area contributed by atoms with Crippen LogP contribution in [0.2, 0.25) is 0 Å². The van der Waals surface area contributed by atoms with E-state index < -0.39 is 17.5 Å². The minimum absolute atomic E-state index is 0.154. The molecule has 0 radical (unpaired) electrons. The zero-order valence-corrected chi connectivity index (χ0v) is 14.4. The number of hydrogen-bond donors (Lipinski definition) is 1. The average Bonchev–Trinajstić information content (AvgIpc) is 2.80. The summed E-state index contributed by atoms with van der Waals surface area (Å²) in [5, 5.41) is 9.11. The summed E-state index contributed by atoms with van der Waals surface area (Å²) in [6.07, 6.45) is 4.35. The quantitative estimate of drug-likeness (QED) is 0.795. The lowest BCUT2D eigenvalue weighted by molar-refractivity contribution is 0.0605. The number of likely N-dealkylation sites (tertiary alicyclic amines) is 1. The van der Waals surface area contributed by atoms with Crippen molar-refractivity contribution in [1.82, 2.24) is 9.21 Å². The first-order chi connectivity index (χ1) is 9.67. The Morgan fingerprint density at radius 1 is 1.33 bits per heavy atom. The van der Waals surface area contributed by atoms with Gasteiger partial charge in [-0.25, -0.2) is 4.79 Å². The molecule has 1 amide bonds. The Morgan fingerprint density at radius 3 is 2.38 bits per heavy atom. The van der Waals surface area contributed by atoms with Crippen LogP contribution >= 0.6 is 0 Å². The van der Waals surface area contributed by atoms with Crippen molar-refractivity contribution in [3.63, 3.8) is 0 Å². The van der Waals surface area contributed by atoms with Gasteiger partial charge in [0.05, 0.1) is 6.04 Å². The van der Waals surface area contributed by atoms with E-state index in [2.05, 4.69) is 4.31 Å². The fraction of sp³-hybridized carbons (Fsp3) is 0.933. The molecule has 1 unspecified atom stereocenters. The lowest BCUT2D eigenvalue weighted by atomic mass is 9.74. The van der Waals surface area contributed by atoms with Gasteiger partial charge in [0.25, 0.3) is 0 Å². The van der Waals surface area contributed by atoms with Crippen molar-refractivity contribution >= 4 is 17.5 Å². The van der Waals surface area contributed by atoms with Gasteiger partial charge in [-0.15, -0.1) is 4.31 Å². The van der Waals surface area contributed by atoms with Crippen LogP contribution in [-0.2, 0) is 11.4 Å². The fourth-order valence-corrected chi connectivity index (χ4v) is 5.39. The molecular formula is C15H28N2O3S. The molecule has 1 heterocycles. The lowest BCUT2D eigenvalue weighted by Gasteiger charge is -2.46. The van der Waals surface area contributed by atoms with E-state index in [-0.39, 0.29) is 10.2 Å². The van der Waals surface area contributed by atoms with Crippen LogP contribution in [-0.4, -0.2) is 55.9 Å². The predicted octanol–water partition coefficient (Wildman–Crippen LogP) is 2.69. The smallest absolute Gasteiger partial charge is 0.407 e. The number of piperidine rings is 1. The highest BCUT2D eigenvalue weighted by atomic mass is 32.2. The first kappa shape index (κ1) is 16.9. The number of amides is 1. The van der Waals surface area contributed by atoms with Gasteiger partial charge in [0.2, 0.25) is 0 Å².